The van der Waals surface area contributed by atoms with Crippen LogP contribution in [0.5, 0.6) is 5.75 Å². The fraction of sp³-hybridized carbons (Fsp3) is 0.464. The van der Waals surface area contributed by atoms with E-state index in [1.165, 1.54) is 0 Å². The van der Waals surface area contributed by atoms with Crippen LogP contribution in [-0.2, 0) is 9.47 Å². The molecule has 11 heteroatoms. The smallest absolute Gasteiger partial charge is 0.410 e. The third-order valence-corrected chi connectivity index (χ3v) is 7.53. The Morgan fingerprint density at radius 1 is 1.18 bits per heavy atom. The Hall–Kier alpha value is -2.82. The Balaban J connectivity index is 1.33. The molecule has 0 radical (unpaired) electrons. The molecule has 3 heterocycles. The largest absolute Gasteiger partial charge is 0.486 e. The van der Waals surface area contributed by atoms with E-state index in [4.69, 9.17) is 30.8 Å². The standard InChI is InChI=1S/C28H33BrClN5O4/c1-28(2,3)39-27(36)35-10-4-5-19(17-35)38-24-9-7-21(29)20-16-31-26(33-25(20)24)32-18-6-8-23(22(30)15-18)34-11-13-37-14-12-34/h6-9,15-16,19H,4-5,10-14,17H2,1-3H3,(H,31,32,33). The van der Waals surface area contributed by atoms with Crippen molar-refractivity contribution < 1.29 is 19.0 Å². The molecule has 2 fully saturated rings. The predicted molar refractivity (Wildman–Crippen MR) is 156 cm³/mol. The number of anilines is 3. The second kappa shape index (κ2) is 11.7. The maximum atomic E-state index is 12.6. The van der Waals surface area contributed by atoms with Crippen LogP contribution >= 0.6 is 27.5 Å². The van der Waals surface area contributed by atoms with Gasteiger partial charge in [-0.15, -0.1) is 0 Å². The van der Waals surface area contributed by atoms with Gasteiger partial charge in [0.2, 0.25) is 5.95 Å². The molecule has 5 rings (SSSR count). The number of amides is 1. The Kier molecular flexibility index (Phi) is 8.35. The molecule has 2 aliphatic heterocycles. The van der Waals surface area contributed by atoms with Crippen molar-refractivity contribution >= 4 is 61.9 Å². The van der Waals surface area contributed by atoms with Gasteiger partial charge in [-0.25, -0.2) is 14.8 Å². The molecule has 1 amide bonds. The Labute approximate surface area is 241 Å². The molecule has 1 atom stereocenters. The summed E-state index contributed by atoms with van der Waals surface area (Å²) < 4.78 is 18.3. The number of fused-ring (bicyclic) bond motifs is 1. The molecule has 2 aliphatic rings. The maximum Gasteiger partial charge on any atom is 0.410 e. The van der Waals surface area contributed by atoms with E-state index >= 15 is 0 Å². The minimum atomic E-state index is -0.541. The van der Waals surface area contributed by atoms with E-state index in [0.29, 0.717) is 48.5 Å². The Morgan fingerprint density at radius 3 is 2.72 bits per heavy atom. The summed E-state index contributed by atoms with van der Waals surface area (Å²) in [6.45, 7) is 9.73. The number of nitrogens with one attached hydrogen (secondary N) is 1. The Morgan fingerprint density at radius 2 is 1.97 bits per heavy atom. The first-order valence-corrected chi connectivity index (χ1v) is 14.3. The van der Waals surface area contributed by atoms with Crippen LogP contribution in [0.15, 0.2) is 41.0 Å². The van der Waals surface area contributed by atoms with Crippen LogP contribution in [0.1, 0.15) is 33.6 Å². The van der Waals surface area contributed by atoms with Crippen molar-refractivity contribution in [1.29, 1.82) is 0 Å². The summed E-state index contributed by atoms with van der Waals surface area (Å²) >= 11 is 10.2. The molecular weight excluding hydrogens is 586 g/mol. The molecule has 208 valence electrons. The highest BCUT2D eigenvalue weighted by atomic mass is 79.9. The van der Waals surface area contributed by atoms with Crippen LogP contribution in [0.4, 0.5) is 22.1 Å². The van der Waals surface area contributed by atoms with Gasteiger partial charge in [-0.2, -0.15) is 0 Å². The van der Waals surface area contributed by atoms with Crippen LogP contribution in [-0.4, -0.2) is 72.1 Å². The average molecular weight is 619 g/mol. The summed E-state index contributed by atoms with van der Waals surface area (Å²) in [6.07, 6.45) is 2.94. The molecule has 1 N–H and O–H groups in total. The molecule has 2 saturated heterocycles. The summed E-state index contributed by atoms with van der Waals surface area (Å²) in [5.41, 5.74) is 1.90. The van der Waals surface area contributed by atoms with Gasteiger partial charge in [0, 0.05) is 41.4 Å². The van der Waals surface area contributed by atoms with E-state index < -0.39 is 5.60 Å². The van der Waals surface area contributed by atoms with Crippen LogP contribution in [0, 0.1) is 0 Å². The van der Waals surface area contributed by atoms with Crippen molar-refractivity contribution in [3.8, 4) is 5.75 Å². The average Bonchev–Trinajstić information content (AvgIpc) is 2.90. The quantitative estimate of drug-likeness (QED) is 0.351. The molecule has 1 unspecified atom stereocenters. The highest BCUT2D eigenvalue weighted by Crippen LogP contribution is 2.34. The van der Waals surface area contributed by atoms with Gasteiger partial charge in [-0.05, 0) is 63.9 Å². The number of benzene rings is 2. The van der Waals surface area contributed by atoms with E-state index in [1.807, 2.05) is 51.1 Å². The fourth-order valence-corrected chi connectivity index (χ4v) is 5.42. The van der Waals surface area contributed by atoms with Gasteiger partial charge >= 0.3 is 6.09 Å². The van der Waals surface area contributed by atoms with E-state index in [9.17, 15) is 4.79 Å². The highest BCUT2D eigenvalue weighted by molar-refractivity contribution is 9.10. The van der Waals surface area contributed by atoms with Gasteiger partial charge in [0.1, 0.15) is 23.0 Å². The first-order valence-electron chi connectivity index (χ1n) is 13.2. The number of carbonyl (C=O) groups is 1. The van der Waals surface area contributed by atoms with Crippen LogP contribution in [0.25, 0.3) is 10.9 Å². The van der Waals surface area contributed by atoms with Gasteiger partial charge in [-0.3, -0.25) is 0 Å². The van der Waals surface area contributed by atoms with E-state index in [1.54, 1.807) is 11.1 Å². The number of hydrogen-bond acceptors (Lipinski definition) is 8. The first-order chi connectivity index (χ1) is 18.7. The van der Waals surface area contributed by atoms with Crippen LogP contribution in [0.3, 0.4) is 0 Å². The first kappa shape index (κ1) is 27.7. The molecule has 39 heavy (non-hydrogen) atoms. The lowest BCUT2D eigenvalue weighted by atomic mass is 10.1. The Bertz CT molecular complexity index is 1350. The molecule has 9 nitrogen and oxygen atoms in total. The topological polar surface area (TPSA) is 89.0 Å². The molecule has 1 aromatic heterocycles. The number of halogens is 2. The third-order valence-electron chi connectivity index (χ3n) is 6.54. The molecule has 0 bridgehead atoms. The number of nitrogens with zero attached hydrogens (tertiary/aromatic N) is 4. The van der Waals surface area contributed by atoms with Crippen LogP contribution in [0.2, 0.25) is 5.02 Å². The second-order valence-corrected chi connectivity index (χ2v) is 12.0. The SMILES string of the molecule is CC(C)(C)OC(=O)N1CCCC(Oc2ccc(Br)c3cnc(Nc4ccc(N5CCOCC5)c(Cl)c4)nc23)C1. The lowest BCUT2D eigenvalue weighted by Gasteiger charge is -2.34. The van der Waals surface area contributed by atoms with Crippen molar-refractivity contribution in [2.45, 2.75) is 45.3 Å². The second-order valence-electron chi connectivity index (χ2n) is 10.7. The van der Waals surface area contributed by atoms with Gasteiger partial charge in [0.05, 0.1) is 30.5 Å². The number of morpholine rings is 1. The monoisotopic (exact) mass is 617 g/mol. The number of hydrogen-bond donors (Lipinski definition) is 1. The van der Waals surface area contributed by atoms with Gasteiger partial charge in [0.25, 0.3) is 0 Å². The van der Waals surface area contributed by atoms with Crippen molar-refractivity contribution in [3.05, 3.63) is 46.0 Å². The fourth-order valence-electron chi connectivity index (χ4n) is 4.70. The molecular formula is C28H33BrClN5O4. The van der Waals surface area contributed by atoms with Gasteiger partial charge in [0.15, 0.2) is 0 Å². The maximum absolute atomic E-state index is 12.6. The zero-order valence-electron chi connectivity index (χ0n) is 22.4. The van der Waals surface area contributed by atoms with E-state index in [-0.39, 0.29) is 12.2 Å². The number of aromatic nitrogens is 2. The number of carbonyl (C=O) groups excluding carboxylic acids is 1. The normalized spacial score (nSPS) is 18.2. The molecule has 2 aromatic carbocycles. The molecule has 0 saturated carbocycles. The lowest BCUT2D eigenvalue weighted by molar-refractivity contribution is 0.00792. The third kappa shape index (κ3) is 6.85. The van der Waals surface area contributed by atoms with Gasteiger partial charge < -0.3 is 29.3 Å². The van der Waals surface area contributed by atoms with Gasteiger partial charge in [-0.1, -0.05) is 27.5 Å². The summed E-state index contributed by atoms with van der Waals surface area (Å²) in [4.78, 5) is 25.9. The zero-order valence-corrected chi connectivity index (χ0v) is 24.7. The van der Waals surface area contributed by atoms with E-state index in [0.717, 1.165) is 47.2 Å². The lowest BCUT2D eigenvalue weighted by Crippen LogP contribution is -2.46. The molecule has 3 aromatic rings. The summed E-state index contributed by atoms with van der Waals surface area (Å²) in [5.74, 6) is 1.06. The number of likely N-dealkylation sites (tertiary alicyclic amines) is 1. The summed E-state index contributed by atoms with van der Waals surface area (Å²) in [6, 6.07) is 9.67. The van der Waals surface area contributed by atoms with E-state index in [2.05, 4.69) is 31.1 Å². The van der Waals surface area contributed by atoms with Crippen LogP contribution < -0.4 is 15.0 Å². The van der Waals surface area contributed by atoms with Crippen molar-refractivity contribution in [1.82, 2.24) is 14.9 Å². The number of piperidine rings is 1. The summed E-state index contributed by atoms with van der Waals surface area (Å²) in [7, 11) is 0. The summed E-state index contributed by atoms with van der Waals surface area (Å²) in [5, 5.41) is 4.76. The molecule has 0 aliphatic carbocycles. The highest BCUT2D eigenvalue weighted by Gasteiger charge is 2.29. The van der Waals surface area contributed by atoms with Crippen molar-refractivity contribution in [2.75, 3.05) is 49.6 Å². The molecule has 0 spiro atoms. The minimum absolute atomic E-state index is 0.173. The number of rotatable bonds is 5. The van der Waals surface area contributed by atoms with Crippen molar-refractivity contribution in [3.63, 3.8) is 0 Å². The zero-order chi connectivity index (χ0) is 27.6. The minimum Gasteiger partial charge on any atom is -0.486 e. The van der Waals surface area contributed by atoms with Crippen molar-refractivity contribution in [2.24, 2.45) is 0 Å². The number of ether oxygens (including phenoxy) is 3. The predicted octanol–water partition coefficient (Wildman–Crippen LogP) is 6.40.